The number of carbonyl (C=O) groups excluding carboxylic acids is 1. The predicted molar refractivity (Wildman–Crippen MR) is 141 cm³/mol. The van der Waals surface area contributed by atoms with E-state index >= 15 is 0 Å². The number of hydrogen-bond donors (Lipinski definition) is 1. The van der Waals surface area contributed by atoms with Gasteiger partial charge in [0.2, 0.25) is 0 Å². The summed E-state index contributed by atoms with van der Waals surface area (Å²) in [6.07, 6.45) is 4.08. The third-order valence-electron chi connectivity index (χ3n) is 5.16. The lowest BCUT2D eigenvalue weighted by molar-refractivity contribution is -0.115. The number of fused-ring (bicyclic) bond motifs is 1. The average Bonchev–Trinajstić information content (AvgIpc) is 3.36. The monoisotopic (exact) mass is 489 g/mol. The van der Waals surface area contributed by atoms with Crippen molar-refractivity contribution >= 4 is 68.9 Å². The Balaban J connectivity index is 1.36. The standard InChI is InChI=1S/C26H20ClN3OS2/c27-19-10-12-21(13-11-19)32-15-14-30-17-18(22-8-4-5-9-23(22)30)16-24-25(31)29-26(33-24)28-20-6-2-1-3-7-20/h1-13,16-17H,14-15H2,(H,28,29,31)/b24-16-. The van der Waals surface area contributed by atoms with E-state index in [2.05, 4.69) is 33.2 Å². The molecule has 1 amide bonds. The minimum absolute atomic E-state index is 0.121. The molecule has 1 aliphatic heterocycles. The van der Waals surface area contributed by atoms with E-state index in [0.717, 1.165) is 39.5 Å². The molecule has 1 N–H and O–H groups in total. The van der Waals surface area contributed by atoms with Crippen LogP contribution >= 0.6 is 35.1 Å². The number of amides is 1. The summed E-state index contributed by atoms with van der Waals surface area (Å²) in [6, 6.07) is 25.8. The molecule has 7 heteroatoms. The number of aliphatic imine (C=N–C) groups is 1. The van der Waals surface area contributed by atoms with E-state index < -0.39 is 0 Å². The molecule has 0 unspecified atom stereocenters. The van der Waals surface area contributed by atoms with E-state index in [4.69, 9.17) is 11.6 Å². The first-order valence-corrected chi connectivity index (χ1v) is 12.6. The summed E-state index contributed by atoms with van der Waals surface area (Å²) < 4.78 is 2.25. The van der Waals surface area contributed by atoms with E-state index in [-0.39, 0.29) is 5.91 Å². The van der Waals surface area contributed by atoms with Crippen molar-refractivity contribution in [3.05, 3.63) is 101 Å². The molecular weight excluding hydrogens is 470 g/mol. The molecule has 0 spiro atoms. The molecule has 1 fully saturated rings. The van der Waals surface area contributed by atoms with Crippen LogP contribution in [-0.2, 0) is 11.3 Å². The van der Waals surface area contributed by atoms with Gasteiger partial charge < -0.3 is 9.88 Å². The Labute approximate surface area is 205 Å². The third-order valence-corrected chi connectivity index (χ3v) is 7.31. The van der Waals surface area contributed by atoms with Gasteiger partial charge in [0, 0.05) is 44.9 Å². The second-order valence-corrected chi connectivity index (χ2v) is 10.1. The smallest absolute Gasteiger partial charge is 0.264 e. The molecule has 4 nitrogen and oxygen atoms in total. The molecule has 2 heterocycles. The minimum atomic E-state index is -0.121. The van der Waals surface area contributed by atoms with Crippen molar-refractivity contribution in [3.63, 3.8) is 0 Å². The summed E-state index contributed by atoms with van der Waals surface area (Å²) in [7, 11) is 0. The van der Waals surface area contributed by atoms with Gasteiger partial charge in [0.15, 0.2) is 5.17 Å². The summed E-state index contributed by atoms with van der Waals surface area (Å²) in [5, 5.41) is 5.35. The van der Waals surface area contributed by atoms with Gasteiger partial charge in [0.25, 0.3) is 5.91 Å². The molecule has 0 bridgehead atoms. The average molecular weight is 490 g/mol. The molecule has 0 aliphatic carbocycles. The first-order valence-electron chi connectivity index (χ1n) is 10.5. The molecule has 164 valence electrons. The Morgan fingerprint density at radius 2 is 1.76 bits per heavy atom. The Morgan fingerprint density at radius 1 is 1.00 bits per heavy atom. The quantitative estimate of drug-likeness (QED) is 0.235. The van der Waals surface area contributed by atoms with Crippen LogP contribution in [-0.4, -0.2) is 21.4 Å². The van der Waals surface area contributed by atoms with E-state index in [1.165, 1.54) is 16.7 Å². The topological polar surface area (TPSA) is 46.4 Å². The first-order chi connectivity index (χ1) is 16.2. The van der Waals surface area contributed by atoms with Crippen LogP contribution in [0.15, 0.2) is 99.9 Å². The van der Waals surface area contributed by atoms with Gasteiger partial charge in [-0.1, -0.05) is 48.0 Å². The van der Waals surface area contributed by atoms with Gasteiger partial charge in [-0.3, -0.25) is 4.79 Å². The van der Waals surface area contributed by atoms with Crippen molar-refractivity contribution in [2.45, 2.75) is 11.4 Å². The molecule has 1 saturated heterocycles. The maximum atomic E-state index is 12.6. The summed E-state index contributed by atoms with van der Waals surface area (Å²) >= 11 is 9.15. The molecule has 4 aromatic rings. The van der Waals surface area contributed by atoms with Crippen molar-refractivity contribution in [3.8, 4) is 0 Å². The number of amidine groups is 1. The van der Waals surface area contributed by atoms with E-state index in [9.17, 15) is 4.79 Å². The maximum Gasteiger partial charge on any atom is 0.264 e. The fraction of sp³-hybridized carbons (Fsp3) is 0.0769. The van der Waals surface area contributed by atoms with Crippen molar-refractivity contribution in [2.75, 3.05) is 5.75 Å². The second kappa shape index (κ2) is 9.91. The lowest BCUT2D eigenvalue weighted by Gasteiger charge is -2.05. The highest BCUT2D eigenvalue weighted by atomic mass is 35.5. The molecule has 33 heavy (non-hydrogen) atoms. The highest BCUT2D eigenvalue weighted by molar-refractivity contribution is 8.18. The van der Waals surface area contributed by atoms with Crippen LogP contribution in [0, 0.1) is 0 Å². The van der Waals surface area contributed by atoms with E-state index in [1.807, 2.05) is 72.8 Å². The van der Waals surface area contributed by atoms with Crippen LogP contribution in [0.4, 0.5) is 5.69 Å². The number of nitrogens with zero attached hydrogens (tertiary/aromatic N) is 2. The van der Waals surface area contributed by atoms with E-state index in [0.29, 0.717) is 10.1 Å². The van der Waals surface area contributed by atoms with Gasteiger partial charge in [-0.15, -0.1) is 11.8 Å². The predicted octanol–water partition coefficient (Wildman–Crippen LogP) is 6.98. The Kier molecular flexibility index (Phi) is 6.58. The Bertz CT molecular complexity index is 1360. The van der Waals surface area contributed by atoms with Crippen molar-refractivity contribution in [2.24, 2.45) is 4.99 Å². The summed E-state index contributed by atoms with van der Waals surface area (Å²) in [5.41, 5.74) is 3.00. The van der Waals surface area contributed by atoms with Gasteiger partial charge in [-0.2, -0.15) is 0 Å². The molecular formula is C26H20ClN3OS2. The van der Waals surface area contributed by atoms with Gasteiger partial charge >= 0.3 is 0 Å². The molecule has 0 atom stereocenters. The van der Waals surface area contributed by atoms with Gasteiger partial charge in [0.05, 0.1) is 10.6 Å². The molecule has 5 rings (SSSR count). The molecule has 1 aromatic heterocycles. The van der Waals surface area contributed by atoms with Gasteiger partial charge in [-0.05, 0) is 60.3 Å². The number of aromatic nitrogens is 1. The number of aryl methyl sites for hydroxylation is 1. The van der Waals surface area contributed by atoms with Crippen molar-refractivity contribution in [1.82, 2.24) is 9.88 Å². The number of halogens is 1. The van der Waals surface area contributed by atoms with Gasteiger partial charge in [-0.25, -0.2) is 4.99 Å². The number of thioether (sulfide) groups is 2. The molecule has 1 aliphatic rings. The Hall–Kier alpha value is -2.93. The zero-order chi connectivity index (χ0) is 22.6. The van der Waals surface area contributed by atoms with Crippen LogP contribution < -0.4 is 5.32 Å². The van der Waals surface area contributed by atoms with Crippen molar-refractivity contribution < 1.29 is 4.79 Å². The van der Waals surface area contributed by atoms with Gasteiger partial charge in [0.1, 0.15) is 0 Å². The second-order valence-electron chi connectivity index (χ2n) is 7.41. The summed E-state index contributed by atoms with van der Waals surface area (Å²) in [6.45, 7) is 0.858. The normalized spacial score (nSPS) is 16.1. The highest BCUT2D eigenvalue weighted by Gasteiger charge is 2.24. The highest BCUT2D eigenvalue weighted by Crippen LogP contribution is 2.31. The molecule has 0 saturated carbocycles. The fourth-order valence-electron chi connectivity index (χ4n) is 3.61. The number of para-hydroxylation sites is 2. The van der Waals surface area contributed by atoms with Crippen molar-refractivity contribution in [1.29, 1.82) is 0 Å². The number of rotatable bonds is 6. The van der Waals surface area contributed by atoms with Crippen LogP contribution in [0.3, 0.4) is 0 Å². The number of hydrogen-bond acceptors (Lipinski definition) is 4. The Morgan fingerprint density at radius 3 is 2.58 bits per heavy atom. The fourth-order valence-corrected chi connectivity index (χ4v) is 5.42. The zero-order valence-electron chi connectivity index (χ0n) is 17.6. The van der Waals surface area contributed by atoms with Crippen LogP contribution in [0.25, 0.3) is 17.0 Å². The zero-order valence-corrected chi connectivity index (χ0v) is 20.0. The van der Waals surface area contributed by atoms with Crippen LogP contribution in [0.2, 0.25) is 5.02 Å². The maximum absolute atomic E-state index is 12.6. The van der Waals surface area contributed by atoms with Crippen LogP contribution in [0.1, 0.15) is 5.56 Å². The molecule has 3 aromatic carbocycles. The lowest BCUT2D eigenvalue weighted by Crippen LogP contribution is -2.19. The number of benzene rings is 3. The van der Waals surface area contributed by atoms with E-state index in [1.54, 1.807) is 11.8 Å². The summed E-state index contributed by atoms with van der Waals surface area (Å²) in [4.78, 5) is 18.9. The SMILES string of the molecule is O=C1NC(=Nc2ccccc2)S/C1=C\c1cn(CCSc2ccc(Cl)cc2)c2ccccc12. The lowest BCUT2D eigenvalue weighted by atomic mass is 10.1. The summed E-state index contributed by atoms with van der Waals surface area (Å²) in [5.74, 6) is 0.809. The largest absolute Gasteiger partial charge is 0.346 e. The number of carbonyl (C=O) groups is 1. The first kappa shape index (κ1) is 21.9. The minimum Gasteiger partial charge on any atom is -0.346 e. The number of nitrogens with one attached hydrogen (secondary N) is 1. The molecule has 0 radical (unpaired) electrons. The third kappa shape index (κ3) is 5.19. The van der Waals surface area contributed by atoms with Crippen LogP contribution in [0.5, 0.6) is 0 Å².